The number of anilines is 1. The van der Waals surface area contributed by atoms with Crippen LogP contribution in [0.25, 0.3) is 0 Å². The lowest BCUT2D eigenvalue weighted by molar-refractivity contribution is 0.0700. The van der Waals surface area contributed by atoms with E-state index in [1.165, 1.54) is 17.7 Å². The number of aromatic nitrogens is 2. The van der Waals surface area contributed by atoms with Gasteiger partial charge in [0.2, 0.25) is 0 Å². The van der Waals surface area contributed by atoms with E-state index in [-0.39, 0.29) is 6.10 Å². The first-order valence-corrected chi connectivity index (χ1v) is 6.51. The summed E-state index contributed by atoms with van der Waals surface area (Å²) in [6.07, 6.45) is 3.33. The number of aryl methyl sites for hydroxylation is 1. The Balaban J connectivity index is 2.32. The van der Waals surface area contributed by atoms with E-state index < -0.39 is 0 Å². The zero-order chi connectivity index (χ0) is 12.3. The van der Waals surface area contributed by atoms with Gasteiger partial charge in [0, 0.05) is 24.4 Å². The third-order valence-electron chi connectivity index (χ3n) is 3.07. The normalized spacial score (nSPS) is 15.7. The summed E-state index contributed by atoms with van der Waals surface area (Å²) in [6, 6.07) is 0. The highest BCUT2D eigenvalue weighted by atomic mass is 16.5. The summed E-state index contributed by atoms with van der Waals surface area (Å²) in [5, 5.41) is 3.34. The molecule has 1 unspecified atom stereocenters. The van der Waals surface area contributed by atoms with Crippen LogP contribution in [-0.4, -0.2) is 23.1 Å². The highest BCUT2D eigenvalue weighted by Gasteiger charge is 2.21. The second-order valence-electron chi connectivity index (χ2n) is 4.34. The molecule has 0 radical (unpaired) electrons. The molecule has 0 bridgehead atoms. The van der Waals surface area contributed by atoms with Crippen molar-refractivity contribution in [3.05, 3.63) is 17.1 Å². The predicted octanol–water partition coefficient (Wildman–Crippen LogP) is 2.49. The van der Waals surface area contributed by atoms with Crippen molar-refractivity contribution in [1.82, 2.24) is 9.97 Å². The van der Waals surface area contributed by atoms with Crippen LogP contribution in [0.3, 0.4) is 0 Å². The van der Waals surface area contributed by atoms with Crippen molar-refractivity contribution in [3.63, 3.8) is 0 Å². The first-order chi connectivity index (χ1) is 8.26. The second kappa shape index (κ2) is 5.45. The molecule has 1 atom stereocenters. The molecule has 4 heteroatoms. The topological polar surface area (TPSA) is 47.0 Å². The van der Waals surface area contributed by atoms with Crippen molar-refractivity contribution in [1.29, 1.82) is 0 Å². The van der Waals surface area contributed by atoms with E-state index in [4.69, 9.17) is 4.74 Å². The van der Waals surface area contributed by atoms with Crippen LogP contribution in [0.1, 0.15) is 50.4 Å². The van der Waals surface area contributed by atoms with Crippen LogP contribution in [0.2, 0.25) is 0 Å². The third-order valence-corrected chi connectivity index (χ3v) is 3.07. The molecule has 17 heavy (non-hydrogen) atoms. The molecule has 1 aliphatic rings. The molecule has 1 N–H and O–H groups in total. The summed E-state index contributed by atoms with van der Waals surface area (Å²) >= 11 is 0. The van der Waals surface area contributed by atoms with Crippen molar-refractivity contribution >= 4 is 5.82 Å². The average molecular weight is 235 g/mol. The van der Waals surface area contributed by atoms with Gasteiger partial charge in [-0.25, -0.2) is 9.97 Å². The molecule has 4 nitrogen and oxygen atoms in total. The molecule has 0 amide bonds. The van der Waals surface area contributed by atoms with Gasteiger partial charge in [0.15, 0.2) is 5.82 Å². The van der Waals surface area contributed by atoms with Crippen LogP contribution in [0, 0.1) is 0 Å². The van der Waals surface area contributed by atoms with Gasteiger partial charge in [0.1, 0.15) is 11.9 Å². The van der Waals surface area contributed by atoms with Crippen molar-refractivity contribution in [2.24, 2.45) is 0 Å². The number of nitrogens with one attached hydrogen (secondary N) is 1. The Kier molecular flexibility index (Phi) is 3.94. The maximum absolute atomic E-state index is 5.57. The Morgan fingerprint density at radius 1 is 1.29 bits per heavy atom. The monoisotopic (exact) mass is 235 g/mol. The molecule has 1 aromatic heterocycles. The Morgan fingerprint density at radius 3 is 2.82 bits per heavy atom. The van der Waals surface area contributed by atoms with E-state index in [2.05, 4.69) is 22.2 Å². The SMILES string of the molecule is CCNc1nc(C(C)OCC)nc2c1CCC2. The van der Waals surface area contributed by atoms with Gasteiger partial charge in [-0.2, -0.15) is 0 Å². The van der Waals surface area contributed by atoms with Crippen LogP contribution >= 0.6 is 0 Å². The maximum Gasteiger partial charge on any atom is 0.159 e. The lowest BCUT2D eigenvalue weighted by Crippen LogP contribution is -2.12. The Bertz CT molecular complexity index is 392. The van der Waals surface area contributed by atoms with Crippen LogP contribution < -0.4 is 5.32 Å². The van der Waals surface area contributed by atoms with E-state index in [1.807, 2.05) is 13.8 Å². The standard InChI is InChI=1S/C13H21N3O/c1-4-14-13-10-7-6-8-11(10)15-12(16-13)9(3)17-5-2/h9H,4-8H2,1-3H3,(H,14,15,16). The van der Waals surface area contributed by atoms with Crippen LogP contribution in [0.15, 0.2) is 0 Å². The molecule has 0 saturated carbocycles. The number of ether oxygens (including phenoxy) is 1. The minimum atomic E-state index is -0.0247. The Hall–Kier alpha value is -1.16. The van der Waals surface area contributed by atoms with Gasteiger partial charge >= 0.3 is 0 Å². The van der Waals surface area contributed by atoms with Gasteiger partial charge in [-0.15, -0.1) is 0 Å². The quantitative estimate of drug-likeness (QED) is 0.851. The minimum Gasteiger partial charge on any atom is -0.371 e. The molecule has 2 rings (SSSR count). The molecule has 0 saturated heterocycles. The molecule has 94 valence electrons. The van der Waals surface area contributed by atoms with Crippen molar-refractivity contribution in [2.75, 3.05) is 18.5 Å². The predicted molar refractivity (Wildman–Crippen MR) is 68.3 cm³/mol. The highest BCUT2D eigenvalue weighted by molar-refractivity contribution is 5.48. The van der Waals surface area contributed by atoms with Crippen LogP contribution in [0.4, 0.5) is 5.82 Å². The average Bonchev–Trinajstić information content (AvgIpc) is 2.78. The molecule has 0 aliphatic heterocycles. The number of fused-ring (bicyclic) bond motifs is 1. The summed E-state index contributed by atoms with van der Waals surface area (Å²) in [7, 11) is 0. The van der Waals surface area contributed by atoms with Crippen LogP contribution in [-0.2, 0) is 17.6 Å². The van der Waals surface area contributed by atoms with E-state index in [0.29, 0.717) is 6.61 Å². The van der Waals surface area contributed by atoms with Gasteiger partial charge in [-0.05, 0) is 40.0 Å². The fraction of sp³-hybridized carbons (Fsp3) is 0.692. The molecule has 1 heterocycles. The summed E-state index contributed by atoms with van der Waals surface area (Å²) in [4.78, 5) is 9.24. The molecule has 1 aliphatic carbocycles. The van der Waals surface area contributed by atoms with Gasteiger partial charge in [0.25, 0.3) is 0 Å². The zero-order valence-electron chi connectivity index (χ0n) is 10.9. The molecule has 0 aromatic carbocycles. The molecule has 1 aromatic rings. The molecular formula is C13H21N3O. The number of hydrogen-bond donors (Lipinski definition) is 1. The molecule has 0 spiro atoms. The van der Waals surface area contributed by atoms with Gasteiger partial charge < -0.3 is 10.1 Å². The lowest BCUT2D eigenvalue weighted by atomic mass is 10.2. The Labute approximate surface area is 103 Å². The number of rotatable bonds is 5. The van der Waals surface area contributed by atoms with Gasteiger partial charge in [-0.1, -0.05) is 0 Å². The van der Waals surface area contributed by atoms with Crippen molar-refractivity contribution < 1.29 is 4.74 Å². The van der Waals surface area contributed by atoms with Crippen LogP contribution in [0.5, 0.6) is 0 Å². The zero-order valence-corrected chi connectivity index (χ0v) is 10.9. The first-order valence-electron chi connectivity index (χ1n) is 6.51. The van der Waals surface area contributed by atoms with Crippen molar-refractivity contribution in [3.8, 4) is 0 Å². The minimum absolute atomic E-state index is 0.0247. The highest BCUT2D eigenvalue weighted by Crippen LogP contribution is 2.28. The van der Waals surface area contributed by atoms with Gasteiger partial charge in [-0.3, -0.25) is 0 Å². The second-order valence-corrected chi connectivity index (χ2v) is 4.34. The number of nitrogens with zero attached hydrogens (tertiary/aromatic N) is 2. The van der Waals surface area contributed by atoms with E-state index in [0.717, 1.165) is 31.0 Å². The maximum atomic E-state index is 5.57. The largest absolute Gasteiger partial charge is 0.371 e. The summed E-state index contributed by atoms with van der Waals surface area (Å²) in [5.74, 6) is 1.82. The van der Waals surface area contributed by atoms with E-state index in [1.54, 1.807) is 0 Å². The Morgan fingerprint density at radius 2 is 2.12 bits per heavy atom. The van der Waals surface area contributed by atoms with E-state index >= 15 is 0 Å². The van der Waals surface area contributed by atoms with Gasteiger partial charge in [0.05, 0.1) is 0 Å². The third kappa shape index (κ3) is 2.57. The van der Waals surface area contributed by atoms with Crippen molar-refractivity contribution in [2.45, 2.75) is 46.1 Å². The smallest absolute Gasteiger partial charge is 0.159 e. The van der Waals surface area contributed by atoms with E-state index in [9.17, 15) is 0 Å². The summed E-state index contributed by atoms with van der Waals surface area (Å²) in [5.41, 5.74) is 2.51. The lowest BCUT2D eigenvalue weighted by Gasteiger charge is -2.15. The fourth-order valence-electron chi connectivity index (χ4n) is 2.27. The summed E-state index contributed by atoms with van der Waals surface area (Å²) < 4.78 is 5.57. The fourth-order valence-corrected chi connectivity index (χ4v) is 2.27. The first kappa shape index (κ1) is 12.3. The summed E-state index contributed by atoms with van der Waals surface area (Å²) in [6.45, 7) is 7.68. The molecular weight excluding hydrogens is 214 g/mol. The number of hydrogen-bond acceptors (Lipinski definition) is 4. The molecule has 0 fully saturated rings.